The number of carbonyl (C=O) groups is 2. The van der Waals surface area contributed by atoms with E-state index >= 15 is 0 Å². The first kappa shape index (κ1) is 21.2. The molecule has 0 radical (unpaired) electrons. The maximum Gasteiger partial charge on any atom is 0.225 e. The summed E-state index contributed by atoms with van der Waals surface area (Å²) < 4.78 is 0. The third kappa shape index (κ3) is 5.43. The Morgan fingerprint density at radius 2 is 1.64 bits per heavy atom. The van der Waals surface area contributed by atoms with Crippen LogP contribution < -0.4 is 5.32 Å². The van der Waals surface area contributed by atoms with E-state index in [-0.39, 0.29) is 30.3 Å². The van der Waals surface area contributed by atoms with Crippen molar-refractivity contribution >= 4 is 11.8 Å². The van der Waals surface area contributed by atoms with Gasteiger partial charge in [0.05, 0.1) is 30.1 Å². The van der Waals surface area contributed by atoms with Crippen LogP contribution in [0.1, 0.15) is 61.5 Å². The third-order valence-corrected chi connectivity index (χ3v) is 4.89. The van der Waals surface area contributed by atoms with Gasteiger partial charge in [0, 0.05) is 13.5 Å². The van der Waals surface area contributed by atoms with E-state index < -0.39 is 0 Å². The Labute approximate surface area is 167 Å². The SMILES string of the molecule is CCN(C(=O)CC(NC(C)=O)c1ccc(C)cc1)C(C)c1ccc(C#N)cc1. The van der Waals surface area contributed by atoms with Gasteiger partial charge >= 0.3 is 0 Å². The molecule has 2 aromatic carbocycles. The van der Waals surface area contributed by atoms with Gasteiger partial charge in [-0.15, -0.1) is 0 Å². The first-order chi connectivity index (χ1) is 13.3. The van der Waals surface area contributed by atoms with Gasteiger partial charge in [-0.3, -0.25) is 9.59 Å². The molecule has 0 aliphatic carbocycles. The second kappa shape index (κ2) is 9.70. The van der Waals surface area contributed by atoms with Crippen molar-refractivity contribution in [1.82, 2.24) is 10.2 Å². The number of hydrogen-bond acceptors (Lipinski definition) is 3. The minimum Gasteiger partial charge on any atom is -0.349 e. The Hall–Kier alpha value is -3.13. The van der Waals surface area contributed by atoms with E-state index in [1.54, 1.807) is 17.0 Å². The molecule has 0 aliphatic rings. The van der Waals surface area contributed by atoms with Crippen LogP contribution in [0.2, 0.25) is 0 Å². The molecule has 0 aromatic heterocycles. The largest absolute Gasteiger partial charge is 0.349 e. The fraction of sp³-hybridized carbons (Fsp3) is 0.348. The summed E-state index contributed by atoms with van der Waals surface area (Å²) in [6, 6.07) is 16.7. The lowest BCUT2D eigenvalue weighted by Gasteiger charge is -2.30. The Kier molecular flexibility index (Phi) is 7.34. The van der Waals surface area contributed by atoms with Gasteiger partial charge < -0.3 is 10.2 Å². The topological polar surface area (TPSA) is 73.2 Å². The molecule has 0 heterocycles. The Morgan fingerprint density at radius 3 is 2.14 bits per heavy atom. The van der Waals surface area contributed by atoms with Gasteiger partial charge in [0.1, 0.15) is 0 Å². The second-order valence-electron chi connectivity index (χ2n) is 6.96. The van der Waals surface area contributed by atoms with Gasteiger partial charge in [-0.2, -0.15) is 5.26 Å². The maximum absolute atomic E-state index is 13.1. The average Bonchev–Trinajstić information content (AvgIpc) is 2.68. The van der Waals surface area contributed by atoms with Crippen molar-refractivity contribution in [2.75, 3.05) is 6.54 Å². The van der Waals surface area contributed by atoms with E-state index in [2.05, 4.69) is 11.4 Å². The smallest absolute Gasteiger partial charge is 0.225 e. The molecule has 0 spiro atoms. The minimum atomic E-state index is -0.368. The zero-order valence-electron chi connectivity index (χ0n) is 16.9. The molecule has 0 fully saturated rings. The van der Waals surface area contributed by atoms with E-state index in [4.69, 9.17) is 5.26 Å². The molecule has 1 N–H and O–H groups in total. The Bertz CT molecular complexity index is 851. The number of aryl methyl sites for hydroxylation is 1. The van der Waals surface area contributed by atoms with Crippen LogP contribution in [0.15, 0.2) is 48.5 Å². The standard InChI is InChI=1S/C23H27N3O2/c1-5-26(17(3)20-12-8-19(15-24)9-13-20)23(28)14-22(25-18(4)27)21-10-6-16(2)7-11-21/h6-13,17,22H,5,14H2,1-4H3,(H,25,27). The van der Waals surface area contributed by atoms with Crippen molar-refractivity contribution in [3.05, 3.63) is 70.8 Å². The van der Waals surface area contributed by atoms with E-state index in [9.17, 15) is 9.59 Å². The van der Waals surface area contributed by atoms with Crippen LogP contribution in [0.25, 0.3) is 0 Å². The Morgan fingerprint density at radius 1 is 1.07 bits per heavy atom. The lowest BCUT2D eigenvalue weighted by Crippen LogP contribution is -2.37. The molecule has 0 saturated heterocycles. The summed E-state index contributed by atoms with van der Waals surface area (Å²) in [5.74, 6) is -0.194. The van der Waals surface area contributed by atoms with Crippen LogP contribution in [0.4, 0.5) is 0 Å². The molecule has 2 atom stereocenters. The van der Waals surface area contributed by atoms with Gasteiger partial charge in [-0.1, -0.05) is 42.0 Å². The summed E-state index contributed by atoms with van der Waals surface area (Å²) in [5.41, 5.74) is 3.61. The minimum absolute atomic E-state index is 0.0290. The highest BCUT2D eigenvalue weighted by molar-refractivity contribution is 5.79. The lowest BCUT2D eigenvalue weighted by molar-refractivity contribution is -0.134. The highest BCUT2D eigenvalue weighted by atomic mass is 16.2. The van der Waals surface area contributed by atoms with Gasteiger partial charge in [-0.05, 0) is 44.0 Å². The monoisotopic (exact) mass is 377 g/mol. The first-order valence-corrected chi connectivity index (χ1v) is 9.48. The number of nitriles is 1. The van der Waals surface area contributed by atoms with Gasteiger partial charge in [0.2, 0.25) is 11.8 Å². The number of hydrogen-bond donors (Lipinski definition) is 1. The van der Waals surface area contributed by atoms with E-state index in [0.717, 1.165) is 16.7 Å². The zero-order valence-corrected chi connectivity index (χ0v) is 16.9. The second-order valence-corrected chi connectivity index (χ2v) is 6.96. The fourth-order valence-corrected chi connectivity index (χ4v) is 3.27. The van der Waals surface area contributed by atoms with Crippen molar-refractivity contribution in [3.8, 4) is 6.07 Å². The van der Waals surface area contributed by atoms with Gasteiger partial charge in [0.25, 0.3) is 0 Å². The van der Waals surface area contributed by atoms with E-state index in [1.807, 2.05) is 57.2 Å². The summed E-state index contributed by atoms with van der Waals surface area (Å²) in [4.78, 5) is 26.5. The van der Waals surface area contributed by atoms with Gasteiger partial charge in [0.15, 0.2) is 0 Å². The molecule has 5 nitrogen and oxygen atoms in total. The number of rotatable bonds is 7. The quantitative estimate of drug-likeness (QED) is 0.791. The molecule has 5 heteroatoms. The van der Waals surface area contributed by atoms with Crippen molar-refractivity contribution in [3.63, 3.8) is 0 Å². The summed E-state index contributed by atoms with van der Waals surface area (Å²) in [7, 11) is 0. The predicted molar refractivity (Wildman–Crippen MR) is 109 cm³/mol. The highest BCUT2D eigenvalue weighted by Crippen LogP contribution is 2.25. The number of nitrogens with zero attached hydrogens (tertiary/aromatic N) is 2. The van der Waals surface area contributed by atoms with Crippen LogP contribution in [-0.4, -0.2) is 23.3 Å². The van der Waals surface area contributed by atoms with Gasteiger partial charge in [-0.25, -0.2) is 0 Å². The molecule has 28 heavy (non-hydrogen) atoms. The van der Waals surface area contributed by atoms with E-state index in [0.29, 0.717) is 12.1 Å². The molecule has 2 amide bonds. The Balaban J connectivity index is 2.19. The lowest BCUT2D eigenvalue weighted by atomic mass is 10.00. The van der Waals surface area contributed by atoms with Crippen molar-refractivity contribution in [1.29, 1.82) is 5.26 Å². The molecule has 0 bridgehead atoms. The van der Waals surface area contributed by atoms with Crippen LogP contribution in [-0.2, 0) is 9.59 Å². The number of amides is 2. The number of carbonyl (C=O) groups excluding carboxylic acids is 2. The predicted octanol–water partition coefficient (Wildman–Crippen LogP) is 4.04. The molecule has 2 unspecified atom stereocenters. The average molecular weight is 377 g/mol. The summed E-state index contributed by atoms with van der Waals surface area (Å²) >= 11 is 0. The molecule has 0 aliphatic heterocycles. The third-order valence-electron chi connectivity index (χ3n) is 4.89. The molecule has 2 rings (SSSR count). The maximum atomic E-state index is 13.1. The van der Waals surface area contributed by atoms with Crippen LogP contribution in [0, 0.1) is 18.3 Å². The van der Waals surface area contributed by atoms with Crippen molar-refractivity contribution in [2.24, 2.45) is 0 Å². The summed E-state index contributed by atoms with van der Waals surface area (Å²) in [5, 5.41) is 11.9. The van der Waals surface area contributed by atoms with Crippen molar-refractivity contribution in [2.45, 2.75) is 46.2 Å². The fourth-order valence-electron chi connectivity index (χ4n) is 3.27. The first-order valence-electron chi connectivity index (χ1n) is 9.48. The van der Waals surface area contributed by atoms with E-state index in [1.165, 1.54) is 6.92 Å². The molecule has 0 saturated carbocycles. The zero-order chi connectivity index (χ0) is 20.7. The summed E-state index contributed by atoms with van der Waals surface area (Å²) in [6.07, 6.45) is 0.192. The molecular formula is C23H27N3O2. The summed E-state index contributed by atoms with van der Waals surface area (Å²) in [6.45, 7) is 7.93. The van der Waals surface area contributed by atoms with Crippen molar-refractivity contribution < 1.29 is 9.59 Å². The highest BCUT2D eigenvalue weighted by Gasteiger charge is 2.24. The van der Waals surface area contributed by atoms with Crippen LogP contribution in [0.3, 0.4) is 0 Å². The molecular weight excluding hydrogens is 350 g/mol. The molecule has 2 aromatic rings. The van der Waals surface area contributed by atoms with Crippen LogP contribution >= 0.6 is 0 Å². The normalized spacial score (nSPS) is 12.5. The van der Waals surface area contributed by atoms with Crippen LogP contribution in [0.5, 0.6) is 0 Å². The molecule has 146 valence electrons. The number of benzene rings is 2. The number of nitrogens with one attached hydrogen (secondary N) is 1.